The fourth-order valence-electron chi connectivity index (χ4n) is 2.47. The fraction of sp³-hybridized carbons (Fsp3) is 0.385. The van der Waals surface area contributed by atoms with Gasteiger partial charge in [-0.1, -0.05) is 15.9 Å². The number of carbonyl (C=O) groups is 2. The lowest BCUT2D eigenvalue weighted by atomic mass is 10.2. The van der Waals surface area contributed by atoms with Gasteiger partial charge in [0.15, 0.2) is 0 Å². The minimum absolute atomic E-state index is 0.310. The van der Waals surface area contributed by atoms with Crippen molar-refractivity contribution in [2.45, 2.75) is 25.0 Å². The first-order chi connectivity index (χ1) is 9.11. The highest BCUT2D eigenvalue weighted by Gasteiger charge is 2.47. The van der Waals surface area contributed by atoms with Gasteiger partial charge in [0.1, 0.15) is 18.0 Å². The molecule has 1 aromatic rings. The lowest BCUT2D eigenvalue weighted by molar-refractivity contribution is -0.146. The number of amides is 2. The lowest BCUT2D eigenvalue weighted by Crippen LogP contribution is -2.52. The Morgan fingerprint density at radius 3 is 2.47 bits per heavy atom. The summed E-state index contributed by atoms with van der Waals surface area (Å²) in [5.41, 5.74) is 0.465. The Balaban J connectivity index is 2.08. The Kier molecular flexibility index (Phi) is 3.06. The standard InChI is InChI=1S/C13H12BrNO4/c1-18-9-3-2-7(14)6-8(9)15-12(16)10-4-5-11(19-10)13(15)17/h2-3,6,10-11H,4-5H2,1H3. The van der Waals surface area contributed by atoms with Gasteiger partial charge in [-0.05, 0) is 31.0 Å². The van der Waals surface area contributed by atoms with Crippen LogP contribution in [-0.2, 0) is 14.3 Å². The number of carbonyl (C=O) groups excluding carboxylic acids is 2. The van der Waals surface area contributed by atoms with Crippen LogP contribution in [0.1, 0.15) is 12.8 Å². The second-order valence-corrected chi connectivity index (χ2v) is 5.43. The highest BCUT2D eigenvalue weighted by atomic mass is 79.9. The summed E-state index contributed by atoms with van der Waals surface area (Å²) in [5.74, 6) is -0.128. The monoisotopic (exact) mass is 325 g/mol. The van der Waals surface area contributed by atoms with E-state index in [0.717, 1.165) is 4.47 Å². The molecule has 0 aliphatic carbocycles. The number of imide groups is 1. The molecule has 2 fully saturated rings. The molecule has 2 bridgehead atoms. The molecular formula is C13H12BrNO4. The summed E-state index contributed by atoms with van der Waals surface area (Å²) in [6.45, 7) is 0. The van der Waals surface area contributed by atoms with E-state index in [9.17, 15) is 9.59 Å². The number of ether oxygens (including phenoxy) is 2. The average Bonchev–Trinajstić information content (AvgIpc) is 2.84. The third kappa shape index (κ3) is 1.95. The lowest BCUT2D eigenvalue weighted by Gasteiger charge is -2.30. The molecule has 0 spiro atoms. The van der Waals surface area contributed by atoms with E-state index in [4.69, 9.17) is 9.47 Å². The van der Waals surface area contributed by atoms with Crippen LogP contribution in [0.25, 0.3) is 0 Å². The van der Waals surface area contributed by atoms with Crippen LogP contribution in [0.2, 0.25) is 0 Å². The Bertz CT molecular complexity index is 538. The number of methoxy groups -OCH3 is 1. The van der Waals surface area contributed by atoms with Gasteiger partial charge in [0.05, 0.1) is 12.8 Å². The van der Waals surface area contributed by atoms with Crippen molar-refractivity contribution in [2.24, 2.45) is 0 Å². The number of nitrogens with zero attached hydrogens (tertiary/aromatic N) is 1. The molecule has 100 valence electrons. The molecular weight excluding hydrogens is 314 g/mol. The SMILES string of the molecule is COc1ccc(Br)cc1N1C(=O)C2CCC(O2)C1=O. The van der Waals surface area contributed by atoms with Crippen LogP contribution in [0.3, 0.4) is 0 Å². The molecule has 3 rings (SSSR count). The third-order valence-corrected chi connectivity index (χ3v) is 3.89. The van der Waals surface area contributed by atoms with Gasteiger partial charge in [0.2, 0.25) is 0 Å². The molecule has 0 radical (unpaired) electrons. The molecule has 2 aliphatic heterocycles. The first-order valence-corrected chi connectivity index (χ1v) is 6.78. The molecule has 0 saturated carbocycles. The van der Waals surface area contributed by atoms with E-state index >= 15 is 0 Å². The summed E-state index contributed by atoms with van der Waals surface area (Å²) in [6, 6.07) is 5.23. The van der Waals surface area contributed by atoms with E-state index in [-0.39, 0.29) is 11.8 Å². The second-order valence-electron chi connectivity index (χ2n) is 4.52. The van der Waals surface area contributed by atoms with Gasteiger partial charge in [-0.2, -0.15) is 0 Å². The van der Waals surface area contributed by atoms with E-state index in [1.165, 1.54) is 12.0 Å². The molecule has 1 aromatic carbocycles. The summed E-state index contributed by atoms with van der Waals surface area (Å²) >= 11 is 3.34. The van der Waals surface area contributed by atoms with Crippen LogP contribution in [0.4, 0.5) is 5.69 Å². The molecule has 5 nitrogen and oxygen atoms in total. The van der Waals surface area contributed by atoms with E-state index in [1.807, 2.05) is 0 Å². The predicted molar refractivity (Wildman–Crippen MR) is 71.1 cm³/mol. The predicted octanol–water partition coefficient (Wildman–Crippen LogP) is 1.88. The normalized spacial score (nSPS) is 25.9. The van der Waals surface area contributed by atoms with Crippen molar-refractivity contribution >= 4 is 33.4 Å². The van der Waals surface area contributed by atoms with Crippen molar-refractivity contribution in [3.8, 4) is 5.75 Å². The van der Waals surface area contributed by atoms with Crippen LogP contribution in [-0.4, -0.2) is 31.1 Å². The van der Waals surface area contributed by atoms with Crippen molar-refractivity contribution < 1.29 is 19.1 Å². The molecule has 2 saturated heterocycles. The Morgan fingerprint density at radius 2 is 1.89 bits per heavy atom. The first kappa shape index (κ1) is 12.6. The number of hydrogen-bond donors (Lipinski definition) is 0. The Morgan fingerprint density at radius 1 is 1.26 bits per heavy atom. The summed E-state index contributed by atoms with van der Waals surface area (Å²) in [6.07, 6.45) is 0.183. The third-order valence-electron chi connectivity index (χ3n) is 3.39. The summed E-state index contributed by atoms with van der Waals surface area (Å²) in [4.78, 5) is 25.8. The maximum absolute atomic E-state index is 12.3. The van der Waals surface area contributed by atoms with E-state index in [1.54, 1.807) is 18.2 Å². The Hall–Kier alpha value is -1.40. The van der Waals surface area contributed by atoms with Crippen LogP contribution in [0.5, 0.6) is 5.75 Å². The largest absolute Gasteiger partial charge is 0.495 e. The number of morpholine rings is 1. The van der Waals surface area contributed by atoms with Crippen molar-refractivity contribution in [2.75, 3.05) is 12.0 Å². The zero-order valence-corrected chi connectivity index (χ0v) is 11.8. The summed E-state index contributed by atoms with van der Waals surface area (Å²) in [7, 11) is 1.51. The smallest absolute Gasteiger partial charge is 0.263 e. The fourth-order valence-corrected chi connectivity index (χ4v) is 2.82. The molecule has 0 aromatic heterocycles. The van der Waals surface area contributed by atoms with Gasteiger partial charge in [-0.3, -0.25) is 9.59 Å². The zero-order valence-electron chi connectivity index (χ0n) is 10.3. The molecule has 2 amide bonds. The number of rotatable bonds is 2. The first-order valence-electron chi connectivity index (χ1n) is 5.98. The summed E-state index contributed by atoms with van der Waals surface area (Å²) < 4.78 is 11.4. The van der Waals surface area contributed by atoms with Gasteiger partial charge >= 0.3 is 0 Å². The minimum Gasteiger partial charge on any atom is -0.495 e. The maximum atomic E-state index is 12.3. The number of hydrogen-bond acceptors (Lipinski definition) is 4. The highest BCUT2D eigenvalue weighted by molar-refractivity contribution is 9.10. The molecule has 0 N–H and O–H groups in total. The van der Waals surface area contributed by atoms with Crippen molar-refractivity contribution in [3.05, 3.63) is 22.7 Å². The maximum Gasteiger partial charge on any atom is 0.263 e. The van der Waals surface area contributed by atoms with E-state index < -0.39 is 12.2 Å². The highest BCUT2D eigenvalue weighted by Crippen LogP contribution is 2.37. The van der Waals surface area contributed by atoms with Crippen LogP contribution in [0.15, 0.2) is 22.7 Å². The minimum atomic E-state index is -0.508. The number of benzene rings is 1. The second kappa shape index (κ2) is 4.61. The van der Waals surface area contributed by atoms with Crippen molar-refractivity contribution in [3.63, 3.8) is 0 Å². The van der Waals surface area contributed by atoms with Gasteiger partial charge in [-0.25, -0.2) is 4.90 Å². The summed E-state index contributed by atoms with van der Waals surface area (Å²) in [5, 5.41) is 0. The molecule has 2 unspecified atom stereocenters. The van der Waals surface area contributed by atoms with Crippen LogP contribution in [0, 0.1) is 0 Å². The number of halogens is 1. The quantitative estimate of drug-likeness (QED) is 0.779. The van der Waals surface area contributed by atoms with E-state index in [0.29, 0.717) is 24.3 Å². The molecule has 2 atom stereocenters. The average molecular weight is 326 g/mol. The van der Waals surface area contributed by atoms with Gasteiger partial charge < -0.3 is 9.47 Å². The number of anilines is 1. The van der Waals surface area contributed by atoms with Gasteiger partial charge in [0, 0.05) is 4.47 Å². The molecule has 19 heavy (non-hydrogen) atoms. The van der Waals surface area contributed by atoms with Crippen molar-refractivity contribution in [1.29, 1.82) is 0 Å². The van der Waals surface area contributed by atoms with Crippen LogP contribution >= 0.6 is 15.9 Å². The zero-order chi connectivity index (χ0) is 13.6. The van der Waals surface area contributed by atoms with Gasteiger partial charge in [-0.15, -0.1) is 0 Å². The van der Waals surface area contributed by atoms with Gasteiger partial charge in [0.25, 0.3) is 11.8 Å². The number of fused-ring (bicyclic) bond motifs is 2. The Labute approximate surface area is 118 Å². The van der Waals surface area contributed by atoms with Crippen LogP contribution < -0.4 is 9.64 Å². The topological polar surface area (TPSA) is 55.8 Å². The molecule has 2 heterocycles. The molecule has 2 aliphatic rings. The van der Waals surface area contributed by atoms with E-state index in [2.05, 4.69) is 15.9 Å². The molecule has 6 heteroatoms. The van der Waals surface area contributed by atoms with Crippen molar-refractivity contribution in [1.82, 2.24) is 0 Å².